The third kappa shape index (κ3) is 2.27. The van der Waals surface area contributed by atoms with E-state index >= 15 is 0 Å². The van der Waals surface area contributed by atoms with E-state index in [1.54, 1.807) is 18.2 Å². The molecule has 1 aromatic rings. The molecule has 0 aliphatic rings. The maximum atomic E-state index is 10.7. The molecule has 0 radical (unpaired) electrons. The Bertz CT molecular complexity index is 328. The fourth-order valence-electron chi connectivity index (χ4n) is 1.30. The lowest BCUT2D eigenvalue weighted by Crippen LogP contribution is -2.10. The van der Waals surface area contributed by atoms with Gasteiger partial charge in [0.25, 0.3) is 5.69 Å². The predicted octanol–water partition coefficient (Wildman–Crippen LogP) is 1.59. The number of benzene rings is 1. The highest BCUT2D eigenvalue weighted by Gasteiger charge is 2.17. The van der Waals surface area contributed by atoms with Gasteiger partial charge in [0.05, 0.1) is 11.5 Å². The van der Waals surface area contributed by atoms with Crippen molar-refractivity contribution in [2.75, 3.05) is 6.61 Å². The molecule has 0 spiro atoms. The molecule has 0 aromatic heterocycles. The van der Waals surface area contributed by atoms with Crippen molar-refractivity contribution in [3.05, 3.63) is 39.9 Å². The molecule has 0 aliphatic heterocycles. The standard InChI is InChI=1S/C9H12N2O3/c1-7(6-14-10)8-4-2-3-5-9(8)11(12)13/h2-5,7H,6,10H2,1H3. The first kappa shape index (κ1) is 10.6. The van der Waals surface area contributed by atoms with E-state index in [2.05, 4.69) is 4.84 Å². The van der Waals surface area contributed by atoms with Gasteiger partial charge in [0.2, 0.25) is 0 Å². The molecule has 0 heterocycles. The third-order valence-corrected chi connectivity index (χ3v) is 2.01. The van der Waals surface area contributed by atoms with Crippen molar-refractivity contribution in [3.63, 3.8) is 0 Å². The zero-order chi connectivity index (χ0) is 10.6. The quantitative estimate of drug-likeness (QED) is 0.585. The van der Waals surface area contributed by atoms with Crippen molar-refractivity contribution < 1.29 is 9.76 Å². The van der Waals surface area contributed by atoms with Gasteiger partial charge in [-0.25, -0.2) is 5.90 Å². The Balaban J connectivity index is 3.00. The average Bonchev–Trinajstić information content (AvgIpc) is 2.18. The highest BCUT2D eigenvalue weighted by atomic mass is 16.6. The van der Waals surface area contributed by atoms with Crippen LogP contribution in [0.15, 0.2) is 24.3 Å². The molecule has 1 aromatic carbocycles. The summed E-state index contributed by atoms with van der Waals surface area (Å²) in [5.74, 6) is 4.84. The lowest BCUT2D eigenvalue weighted by molar-refractivity contribution is -0.385. The molecule has 0 aliphatic carbocycles. The van der Waals surface area contributed by atoms with Gasteiger partial charge in [0.1, 0.15) is 0 Å². The zero-order valence-electron chi connectivity index (χ0n) is 7.84. The minimum absolute atomic E-state index is 0.0819. The molecule has 0 saturated carbocycles. The molecule has 0 bridgehead atoms. The topological polar surface area (TPSA) is 78.4 Å². The highest BCUT2D eigenvalue weighted by molar-refractivity contribution is 5.41. The number of hydrogen-bond donors (Lipinski definition) is 1. The van der Waals surface area contributed by atoms with Gasteiger partial charge in [0, 0.05) is 17.5 Å². The largest absolute Gasteiger partial charge is 0.304 e. The van der Waals surface area contributed by atoms with Crippen LogP contribution < -0.4 is 5.90 Å². The molecule has 0 saturated heterocycles. The first-order valence-corrected chi connectivity index (χ1v) is 4.21. The molecule has 14 heavy (non-hydrogen) atoms. The Kier molecular flexibility index (Phi) is 3.55. The van der Waals surface area contributed by atoms with Crippen LogP contribution in [0.5, 0.6) is 0 Å². The molecule has 5 heteroatoms. The number of nitro benzene ring substituents is 1. The Morgan fingerprint density at radius 2 is 2.21 bits per heavy atom. The van der Waals surface area contributed by atoms with Crippen LogP contribution in [0, 0.1) is 10.1 Å². The van der Waals surface area contributed by atoms with Crippen LogP contribution in [0.25, 0.3) is 0 Å². The lowest BCUT2D eigenvalue weighted by atomic mass is 10.0. The van der Waals surface area contributed by atoms with Gasteiger partial charge in [-0.15, -0.1) is 0 Å². The molecule has 1 atom stereocenters. The van der Waals surface area contributed by atoms with E-state index in [-0.39, 0.29) is 18.2 Å². The van der Waals surface area contributed by atoms with Crippen molar-refractivity contribution in [1.29, 1.82) is 0 Å². The Hall–Kier alpha value is -1.46. The number of nitro groups is 1. The van der Waals surface area contributed by atoms with E-state index < -0.39 is 4.92 Å². The third-order valence-electron chi connectivity index (χ3n) is 2.01. The second-order valence-electron chi connectivity index (χ2n) is 3.05. The fourth-order valence-corrected chi connectivity index (χ4v) is 1.30. The molecule has 0 amide bonds. The van der Waals surface area contributed by atoms with Gasteiger partial charge in [-0.05, 0) is 0 Å². The van der Waals surface area contributed by atoms with Crippen molar-refractivity contribution in [1.82, 2.24) is 0 Å². The fraction of sp³-hybridized carbons (Fsp3) is 0.333. The first-order chi connectivity index (χ1) is 6.66. The van der Waals surface area contributed by atoms with Gasteiger partial charge in [-0.1, -0.05) is 25.1 Å². The molecule has 5 nitrogen and oxygen atoms in total. The Morgan fingerprint density at radius 3 is 2.79 bits per heavy atom. The molecule has 76 valence electrons. The van der Waals surface area contributed by atoms with Crippen molar-refractivity contribution >= 4 is 5.69 Å². The minimum atomic E-state index is -0.400. The SMILES string of the molecule is CC(CON)c1ccccc1[N+](=O)[O-]. The number of nitrogens with zero attached hydrogens (tertiary/aromatic N) is 1. The summed E-state index contributed by atoms with van der Waals surface area (Å²) in [6.45, 7) is 2.10. The summed E-state index contributed by atoms with van der Waals surface area (Å²) in [5, 5.41) is 10.7. The van der Waals surface area contributed by atoms with Gasteiger partial charge < -0.3 is 4.84 Å². The number of nitrogens with two attached hydrogens (primary N) is 1. The van der Waals surface area contributed by atoms with E-state index in [1.165, 1.54) is 6.07 Å². The maximum Gasteiger partial charge on any atom is 0.272 e. The Labute approximate surface area is 81.6 Å². The number of hydrogen-bond acceptors (Lipinski definition) is 4. The molecule has 1 unspecified atom stereocenters. The average molecular weight is 196 g/mol. The van der Waals surface area contributed by atoms with Crippen LogP contribution in [0.2, 0.25) is 0 Å². The normalized spacial score (nSPS) is 12.4. The van der Waals surface area contributed by atoms with Gasteiger partial charge in [0.15, 0.2) is 0 Å². The lowest BCUT2D eigenvalue weighted by Gasteiger charge is -2.09. The zero-order valence-corrected chi connectivity index (χ0v) is 7.84. The van der Waals surface area contributed by atoms with Crippen molar-refractivity contribution in [2.45, 2.75) is 12.8 Å². The summed E-state index contributed by atoms with van der Waals surface area (Å²) in [6.07, 6.45) is 0. The summed E-state index contributed by atoms with van der Waals surface area (Å²) in [6, 6.07) is 6.58. The summed E-state index contributed by atoms with van der Waals surface area (Å²) in [7, 11) is 0. The molecule has 0 fully saturated rings. The second kappa shape index (κ2) is 4.69. The van der Waals surface area contributed by atoms with Crippen LogP contribution in [0.4, 0.5) is 5.69 Å². The van der Waals surface area contributed by atoms with Gasteiger partial charge in [-0.2, -0.15) is 0 Å². The monoisotopic (exact) mass is 196 g/mol. The number of rotatable bonds is 4. The molecular weight excluding hydrogens is 184 g/mol. The van der Waals surface area contributed by atoms with Crippen LogP contribution in [-0.4, -0.2) is 11.5 Å². The van der Waals surface area contributed by atoms with Crippen LogP contribution >= 0.6 is 0 Å². The van der Waals surface area contributed by atoms with Crippen LogP contribution in [0.1, 0.15) is 18.4 Å². The molecule has 1 rings (SSSR count). The van der Waals surface area contributed by atoms with E-state index in [4.69, 9.17) is 5.90 Å². The number of para-hydroxylation sites is 1. The smallest absolute Gasteiger partial charge is 0.272 e. The van der Waals surface area contributed by atoms with E-state index in [0.29, 0.717) is 5.56 Å². The Morgan fingerprint density at radius 1 is 1.57 bits per heavy atom. The predicted molar refractivity (Wildman–Crippen MR) is 51.7 cm³/mol. The summed E-state index contributed by atoms with van der Waals surface area (Å²) < 4.78 is 0. The van der Waals surface area contributed by atoms with E-state index in [1.807, 2.05) is 6.92 Å². The van der Waals surface area contributed by atoms with Crippen molar-refractivity contribution in [2.24, 2.45) is 5.90 Å². The first-order valence-electron chi connectivity index (χ1n) is 4.21. The second-order valence-corrected chi connectivity index (χ2v) is 3.05. The molecule has 2 N–H and O–H groups in total. The van der Waals surface area contributed by atoms with Gasteiger partial charge in [-0.3, -0.25) is 10.1 Å². The maximum absolute atomic E-state index is 10.7. The highest BCUT2D eigenvalue weighted by Crippen LogP contribution is 2.25. The van der Waals surface area contributed by atoms with Gasteiger partial charge >= 0.3 is 0 Å². The van der Waals surface area contributed by atoms with Crippen LogP contribution in [-0.2, 0) is 4.84 Å². The van der Waals surface area contributed by atoms with E-state index in [0.717, 1.165) is 0 Å². The molecular formula is C9H12N2O3. The minimum Gasteiger partial charge on any atom is -0.304 e. The summed E-state index contributed by atoms with van der Waals surface area (Å²) >= 11 is 0. The summed E-state index contributed by atoms with van der Waals surface area (Å²) in [4.78, 5) is 14.7. The van der Waals surface area contributed by atoms with E-state index in [9.17, 15) is 10.1 Å². The van der Waals surface area contributed by atoms with Crippen LogP contribution in [0.3, 0.4) is 0 Å². The summed E-state index contributed by atoms with van der Waals surface area (Å²) in [5.41, 5.74) is 0.750. The van der Waals surface area contributed by atoms with Crippen molar-refractivity contribution in [3.8, 4) is 0 Å².